The molecule has 3 aromatic carbocycles. The summed E-state index contributed by atoms with van der Waals surface area (Å²) < 4.78 is 11.7. The van der Waals surface area contributed by atoms with Crippen LogP contribution in [-0.2, 0) is 27.3 Å². The third-order valence-corrected chi connectivity index (χ3v) is 9.34. The van der Waals surface area contributed by atoms with Gasteiger partial charge in [-0.05, 0) is 67.1 Å². The number of benzene rings is 3. The number of phenols is 1. The van der Waals surface area contributed by atoms with Crippen molar-refractivity contribution < 1.29 is 38.6 Å². The average molecular weight is 720 g/mol. The fourth-order valence-corrected chi connectivity index (χ4v) is 6.39. The zero-order chi connectivity index (χ0) is 37.3. The Labute approximate surface area is 306 Å². The van der Waals surface area contributed by atoms with Crippen LogP contribution in [0.3, 0.4) is 0 Å². The molecule has 0 radical (unpaired) electrons. The molecule has 0 saturated heterocycles. The minimum Gasteiger partial charge on any atom is -0.507 e. The van der Waals surface area contributed by atoms with E-state index in [2.05, 4.69) is 15.5 Å². The van der Waals surface area contributed by atoms with Crippen molar-refractivity contribution in [2.45, 2.75) is 70.4 Å². The molecule has 6 rings (SSSR count). The first-order chi connectivity index (χ1) is 25.7. The number of rotatable bonds is 14. The molecule has 1 aliphatic heterocycles. The lowest BCUT2D eigenvalue weighted by Gasteiger charge is -2.26. The zero-order valence-corrected chi connectivity index (χ0v) is 29.2. The number of nitrogens with zero attached hydrogens (tertiary/aromatic N) is 3. The number of hydrogen-bond donors (Lipinski definition) is 3. The van der Waals surface area contributed by atoms with Crippen LogP contribution < -0.4 is 20.5 Å². The summed E-state index contributed by atoms with van der Waals surface area (Å²) in [4.78, 5) is 64.5. The van der Waals surface area contributed by atoms with E-state index in [-0.39, 0.29) is 59.4 Å². The molecule has 1 fully saturated rings. The van der Waals surface area contributed by atoms with Gasteiger partial charge in [-0.25, -0.2) is 0 Å². The van der Waals surface area contributed by atoms with Crippen LogP contribution in [-0.4, -0.2) is 68.7 Å². The topological polar surface area (TPSA) is 191 Å². The van der Waals surface area contributed by atoms with Crippen LogP contribution in [0.4, 0.5) is 5.82 Å². The van der Waals surface area contributed by atoms with E-state index in [9.17, 15) is 29.1 Å². The molecule has 1 atom stereocenters. The highest BCUT2D eigenvalue weighted by molar-refractivity contribution is 6.23. The molecule has 1 unspecified atom stereocenters. The summed E-state index contributed by atoms with van der Waals surface area (Å²) >= 11 is 0. The molecule has 0 spiro atoms. The zero-order valence-electron chi connectivity index (χ0n) is 29.2. The molecular formula is C40H41N5O8. The first kappa shape index (κ1) is 36.7. The number of phenolic OH excluding ortho intramolecular Hbond substituents is 1. The third kappa shape index (κ3) is 9.04. The van der Waals surface area contributed by atoms with Crippen molar-refractivity contribution in [2.75, 3.05) is 18.9 Å². The number of Topliss-reactive ketones (excluding diaryl/α,β-unsaturated/α-hetero) is 2. The number of unbranched alkanes of at least 4 members (excludes halogenated alkanes) is 1. The van der Waals surface area contributed by atoms with Crippen molar-refractivity contribution in [3.05, 3.63) is 95.1 Å². The van der Waals surface area contributed by atoms with Gasteiger partial charge in [-0.2, -0.15) is 0 Å². The number of ketones is 2. The molecule has 3 amide bonds. The Morgan fingerprint density at radius 1 is 0.830 bits per heavy atom. The lowest BCUT2D eigenvalue weighted by atomic mass is 9.94. The molecule has 1 aliphatic carbocycles. The van der Waals surface area contributed by atoms with Crippen molar-refractivity contribution in [2.24, 2.45) is 0 Å². The van der Waals surface area contributed by atoms with E-state index < -0.39 is 17.9 Å². The van der Waals surface area contributed by atoms with Gasteiger partial charge in [0, 0.05) is 50.3 Å². The number of carbonyl (C=O) groups is 5. The number of aromatic hydroxyl groups is 1. The van der Waals surface area contributed by atoms with E-state index in [1.54, 1.807) is 36.4 Å². The van der Waals surface area contributed by atoms with Gasteiger partial charge in [0.05, 0.1) is 30.4 Å². The number of para-hydroxylation sites is 1. The highest BCUT2D eigenvalue weighted by Gasteiger charge is 2.43. The highest BCUT2D eigenvalue weighted by Crippen LogP contribution is 2.32. The summed E-state index contributed by atoms with van der Waals surface area (Å²) in [5.41, 5.74) is 9.34. The van der Waals surface area contributed by atoms with E-state index in [1.165, 1.54) is 12.1 Å². The van der Waals surface area contributed by atoms with Crippen molar-refractivity contribution in [1.29, 1.82) is 0 Å². The summed E-state index contributed by atoms with van der Waals surface area (Å²) in [6.07, 6.45) is 3.38. The van der Waals surface area contributed by atoms with Crippen LogP contribution in [0.2, 0.25) is 0 Å². The molecule has 13 heteroatoms. The fourth-order valence-electron chi connectivity index (χ4n) is 6.39. The number of amides is 3. The Kier molecular flexibility index (Phi) is 11.7. The number of carbonyl (C=O) groups excluding carboxylic acids is 5. The molecule has 2 aliphatic rings. The molecule has 274 valence electrons. The van der Waals surface area contributed by atoms with E-state index in [0.29, 0.717) is 81.0 Å². The van der Waals surface area contributed by atoms with Gasteiger partial charge in [0.15, 0.2) is 17.4 Å². The van der Waals surface area contributed by atoms with Gasteiger partial charge in [0.2, 0.25) is 5.91 Å². The lowest BCUT2D eigenvalue weighted by Crippen LogP contribution is -2.45. The van der Waals surface area contributed by atoms with Gasteiger partial charge >= 0.3 is 0 Å². The number of nitrogens with one attached hydrogen (secondary N) is 1. The second-order valence-corrected chi connectivity index (χ2v) is 13.1. The van der Waals surface area contributed by atoms with E-state index in [4.69, 9.17) is 15.2 Å². The quantitative estimate of drug-likeness (QED) is 0.118. The van der Waals surface area contributed by atoms with Gasteiger partial charge in [-0.1, -0.05) is 36.4 Å². The van der Waals surface area contributed by atoms with Gasteiger partial charge in [0.1, 0.15) is 23.0 Å². The predicted octanol–water partition coefficient (Wildman–Crippen LogP) is 4.99. The summed E-state index contributed by atoms with van der Waals surface area (Å²) in [6, 6.07) is 20.1. The van der Waals surface area contributed by atoms with Crippen molar-refractivity contribution in [1.82, 2.24) is 20.4 Å². The average Bonchev–Trinajstić information content (AvgIpc) is 3.39. The monoisotopic (exact) mass is 719 g/mol. The normalized spacial score (nSPS) is 15.8. The summed E-state index contributed by atoms with van der Waals surface area (Å²) in [7, 11) is 0. The van der Waals surface area contributed by atoms with Gasteiger partial charge < -0.3 is 25.6 Å². The smallest absolute Gasteiger partial charge is 0.262 e. The van der Waals surface area contributed by atoms with E-state index in [1.807, 2.05) is 24.3 Å². The van der Waals surface area contributed by atoms with Crippen LogP contribution in [0.5, 0.6) is 17.2 Å². The molecule has 4 aromatic rings. The Morgan fingerprint density at radius 3 is 2.42 bits per heavy atom. The minimum absolute atomic E-state index is 0.0342. The van der Waals surface area contributed by atoms with Gasteiger partial charge in [-0.3, -0.25) is 28.9 Å². The number of fused-ring (bicyclic) bond motifs is 1. The third-order valence-electron chi connectivity index (χ3n) is 9.34. The largest absolute Gasteiger partial charge is 0.507 e. The fraction of sp³-hybridized carbons (Fsp3) is 0.325. The summed E-state index contributed by atoms with van der Waals surface area (Å²) in [5, 5.41) is 21.1. The number of nitrogens with two attached hydrogens (primary N) is 1. The number of hydrogen-bond acceptors (Lipinski definition) is 11. The second kappa shape index (κ2) is 16.9. The lowest BCUT2D eigenvalue weighted by molar-refractivity contribution is -0.126. The number of anilines is 1. The minimum atomic E-state index is -0.933. The molecule has 53 heavy (non-hydrogen) atoms. The van der Waals surface area contributed by atoms with E-state index >= 15 is 0 Å². The van der Waals surface area contributed by atoms with Crippen LogP contribution in [0, 0.1) is 0 Å². The molecule has 0 bridgehead atoms. The predicted molar refractivity (Wildman–Crippen MR) is 194 cm³/mol. The molecule has 13 nitrogen and oxygen atoms in total. The maximum atomic E-state index is 13.2. The highest BCUT2D eigenvalue weighted by atomic mass is 16.5. The number of nitrogen functional groups attached to an aromatic ring is 1. The summed E-state index contributed by atoms with van der Waals surface area (Å²) in [5.74, 6) is -0.272. The molecular weight excluding hydrogens is 678 g/mol. The Hall–Kier alpha value is -6.11. The number of ether oxygens (including phenoxy) is 2. The first-order valence-electron chi connectivity index (χ1n) is 17.8. The first-order valence-corrected chi connectivity index (χ1v) is 17.8. The summed E-state index contributed by atoms with van der Waals surface area (Å²) in [6.45, 7) is 1.06. The Bertz CT molecular complexity index is 2010. The van der Waals surface area contributed by atoms with Crippen LogP contribution >= 0.6 is 0 Å². The van der Waals surface area contributed by atoms with Crippen LogP contribution in [0.25, 0.3) is 11.3 Å². The SMILES string of the molecule is Nc1nnc(-c2ccccc2O)cc1OCCc1ccc(CNC(=O)CCCCOc2ccc3c(c2)C(=O)N(C2CCC(=O)CCCC2=O)C3=O)cc1. The molecule has 4 N–H and O–H groups in total. The molecule has 2 heterocycles. The van der Waals surface area contributed by atoms with Crippen LogP contribution in [0.15, 0.2) is 72.8 Å². The molecule has 1 aromatic heterocycles. The molecule has 1 saturated carbocycles. The Balaban J connectivity index is 0.889. The standard InChI is InChI=1S/C40H41N5O8/c41-38-36(23-32(43-44-38)30-7-1-2-8-34(30)47)53-21-19-25-11-13-26(14-12-25)24-42-37(49)10-3-4-20-52-28-16-17-29-31(22-28)40(51)45(39(29)50)33-18-15-27(46)6-5-9-35(33)48/h1-2,7-8,11-14,16-17,22-23,33,47H,3-6,9-10,15,18-21,24H2,(H2,41,44)(H,42,49). The maximum Gasteiger partial charge on any atom is 0.262 e. The van der Waals surface area contributed by atoms with Crippen molar-refractivity contribution in [3.63, 3.8) is 0 Å². The number of imide groups is 1. The van der Waals surface area contributed by atoms with Gasteiger partial charge in [-0.15, -0.1) is 10.2 Å². The van der Waals surface area contributed by atoms with Crippen molar-refractivity contribution >= 4 is 35.1 Å². The van der Waals surface area contributed by atoms with Crippen molar-refractivity contribution in [3.8, 4) is 28.5 Å². The number of aromatic nitrogens is 2. The maximum absolute atomic E-state index is 13.2. The van der Waals surface area contributed by atoms with E-state index in [0.717, 1.165) is 16.0 Å². The van der Waals surface area contributed by atoms with Gasteiger partial charge in [0.25, 0.3) is 11.8 Å². The van der Waals surface area contributed by atoms with Crippen LogP contribution in [0.1, 0.15) is 83.2 Å². The Morgan fingerprint density at radius 2 is 1.60 bits per heavy atom. The second-order valence-electron chi connectivity index (χ2n) is 13.1.